The fourth-order valence-corrected chi connectivity index (χ4v) is 1.12. The maximum absolute atomic E-state index is 13.2. The third-order valence-electron chi connectivity index (χ3n) is 1.87. The summed E-state index contributed by atoms with van der Waals surface area (Å²) in [6.07, 6.45) is 2.97. The second-order valence-corrected chi connectivity index (χ2v) is 3.95. The fraction of sp³-hybridized carbons (Fsp3) is 0.400. The number of Topliss-reactive ketones (excluding diaryl/α,β-unsaturated/α-hetero) is 1. The minimum absolute atomic E-state index is 0.00481. The van der Waals surface area contributed by atoms with Gasteiger partial charge in [0, 0.05) is 18.8 Å². The first-order valence-corrected chi connectivity index (χ1v) is 4.59. The average Bonchev–Trinajstić information content (AvgIpc) is 2.07. The Hall–Kier alpha value is -0.960. The van der Waals surface area contributed by atoms with Crippen LogP contribution < -0.4 is 0 Å². The van der Waals surface area contributed by atoms with Crippen molar-refractivity contribution in [3.05, 3.63) is 29.0 Å². The number of carbonyl (C=O) groups excluding carboxylic acids is 1. The molecular weight excluding hydrogens is 205 g/mol. The van der Waals surface area contributed by atoms with Gasteiger partial charge in [-0.3, -0.25) is 9.78 Å². The van der Waals surface area contributed by atoms with E-state index in [1.807, 2.05) is 0 Å². The summed E-state index contributed by atoms with van der Waals surface area (Å²) in [7, 11) is 0. The van der Waals surface area contributed by atoms with Crippen LogP contribution in [0.4, 0.5) is 4.39 Å². The summed E-state index contributed by atoms with van der Waals surface area (Å²) >= 11 is 5.78. The van der Waals surface area contributed by atoms with Gasteiger partial charge in [0.1, 0.15) is 0 Å². The largest absolute Gasteiger partial charge is 0.296 e. The molecule has 4 heteroatoms. The number of nitrogens with zero attached hydrogens (tertiary/aromatic N) is 1. The van der Waals surface area contributed by atoms with Crippen LogP contribution in [0, 0.1) is 0 Å². The topological polar surface area (TPSA) is 30.0 Å². The van der Waals surface area contributed by atoms with Crippen molar-refractivity contribution in [3.8, 4) is 0 Å². The molecule has 0 amide bonds. The molecule has 14 heavy (non-hydrogen) atoms. The highest BCUT2D eigenvalue weighted by Crippen LogP contribution is 2.18. The second-order valence-electron chi connectivity index (χ2n) is 3.54. The fourth-order valence-electron chi connectivity index (χ4n) is 0.931. The van der Waals surface area contributed by atoms with Gasteiger partial charge in [0.2, 0.25) is 0 Å². The molecule has 0 aliphatic rings. The molecule has 1 heterocycles. The number of carbonyl (C=O) groups is 1. The van der Waals surface area contributed by atoms with Gasteiger partial charge in [-0.05, 0) is 25.5 Å². The van der Waals surface area contributed by atoms with E-state index in [1.165, 1.54) is 26.2 Å². The van der Waals surface area contributed by atoms with E-state index in [1.54, 1.807) is 6.07 Å². The molecule has 0 unspecified atom stereocenters. The van der Waals surface area contributed by atoms with Crippen molar-refractivity contribution in [2.24, 2.45) is 0 Å². The first kappa shape index (κ1) is 11.1. The standard InChI is InChI=1S/C10H11ClFNO/c1-10(2,12)9(14)5-7-3-4-13-6-8(7)11/h3-4,6H,5H2,1-2H3. The normalized spacial score (nSPS) is 11.4. The van der Waals surface area contributed by atoms with Crippen LogP contribution in [0.3, 0.4) is 0 Å². The number of rotatable bonds is 3. The van der Waals surface area contributed by atoms with Gasteiger partial charge >= 0.3 is 0 Å². The Morgan fingerprint density at radius 1 is 1.64 bits per heavy atom. The first-order valence-electron chi connectivity index (χ1n) is 4.22. The molecule has 1 aromatic heterocycles. The zero-order valence-corrected chi connectivity index (χ0v) is 8.81. The lowest BCUT2D eigenvalue weighted by Crippen LogP contribution is -2.27. The molecule has 0 saturated heterocycles. The lowest BCUT2D eigenvalue weighted by molar-refractivity contribution is -0.127. The third kappa shape index (κ3) is 2.77. The maximum Gasteiger partial charge on any atom is 0.173 e. The van der Waals surface area contributed by atoms with E-state index in [2.05, 4.69) is 4.98 Å². The third-order valence-corrected chi connectivity index (χ3v) is 2.21. The Morgan fingerprint density at radius 2 is 2.29 bits per heavy atom. The number of pyridine rings is 1. The number of hydrogen-bond acceptors (Lipinski definition) is 2. The summed E-state index contributed by atoms with van der Waals surface area (Å²) in [5.74, 6) is -0.481. The highest BCUT2D eigenvalue weighted by molar-refractivity contribution is 6.31. The maximum atomic E-state index is 13.2. The predicted molar refractivity (Wildman–Crippen MR) is 53.1 cm³/mol. The Kier molecular flexibility index (Phi) is 3.21. The molecule has 0 N–H and O–H groups in total. The molecule has 76 valence electrons. The molecule has 0 bridgehead atoms. The zero-order valence-electron chi connectivity index (χ0n) is 8.05. The number of hydrogen-bond donors (Lipinski definition) is 0. The van der Waals surface area contributed by atoms with Gasteiger partial charge in [-0.1, -0.05) is 11.6 Å². The van der Waals surface area contributed by atoms with Gasteiger partial charge in [-0.15, -0.1) is 0 Å². The molecule has 0 aromatic carbocycles. The molecule has 2 nitrogen and oxygen atoms in total. The summed E-state index contributed by atoms with van der Waals surface area (Å²) in [5.41, 5.74) is -1.20. The van der Waals surface area contributed by atoms with Crippen molar-refractivity contribution in [3.63, 3.8) is 0 Å². The molecule has 0 aliphatic heterocycles. The van der Waals surface area contributed by atoms with Crippen molar-refractivity contribution in [1.82, 2.24) is 4.98 Å². The first-order chi connectivity index (χ1) is 6.41. The lowest BCUT2D eigenvalue weighted by Gasteiger charge is -2.12. The highest BCUT2D eigenvalue weighted by atomic mass is 35.5. The second kappa shape index (κ2) is 4.05. The Labute approximate surface area is 87.1 Å². The Balaban J connectivity index is 2.80. The number of alkyl halides is 1. The van der Waals surface area contributed by atoms with Crippen molar-refractivity contribution >= 4 is 17.4 Å². The van der Waals surface area contributed by atoms with Crippen LogP contribution in [0.25, 0.3) is 0 Å². The van der Waals surface area contributed by atoms with Gasteiger partial charge in [-0.2, -0.15) is 0 Å². The summed E-state index contributed by atoms with van der Waals surface area (Å²) in [6.45, 7) is 2.48. The van der Waals surface area contributed by atoms with Crippen molar-refractivity contribution < 1.29 is 9.18 Å². The van der Waals surface area contributed by atoms with E-state index in [9.17, 15) is 9.18 Å². The van der Waals surface area contributed by atoms with Crippen LogP contribution in [0.15, 0.2) is 18.5 Å². The van der Waals surface area contributed by atoms with E-state index in [-0.39, 0.29) is 6.42 Å². The zero-order chi connectivity index (χ0) is 10.8. The molecule has 1 aromatic rings. The Bertz CT molecular complexity index is 346. The van der Waals surface area contributed by atoms with Crippen molar-refractivity contribution in [1.29, 1.82) is 0 Å². The Morgan fingerprint density at radius 3 is 2.79 bits per heavy atom. The van der Waals surface area contributed by atoms with Crippen LogP contribution in [-0.4, -0.2) is 16.4 Å². The molecule has 1 rings (SSSR count). The van der Waals surface area contributed by atoms with Crippen LogP contribution in [0.1, 0.15) is 19.4 Å². The van der Waals surface area contributed by atoms with Gasteiger partial charge in [0.15, 0.2) is 11.5 Å². The molecule has 0 aliphatic carbocycles. The number of aromatic nitrogens is 1. The van der Waals surface area contributed by atoms with E-state index >= 15 is 0 Å². The smallest absolute Gasteiger partial charge is 0.173 e. The van der Waals surface area contributed by atoms with Gasteiger partial charge < -0.3 is 0 Å². The van der Waals surface area contributed by atoms with E-state index in [0.29, 0.717) is 10.6 Å². The van der Waals surface area contributed by atoms with Crippen LogP contribution in [0.5, 0.6) is 0 Å². The van der Waals surface area contributed by atoms with Gasteiger partial charge in [0.25, 0.3) is 0 Å². The molecule has 0 fully saturated rings. The minimum atomic E-state index is -1.81. The predicted octanol–water partition coefficient (Wildman–Crippen LogP) is 2.59. The minimum Gasteiger partial charge on any atom is -0.296 e. The summed E-state index contributed by atoms with van der Waals surface area (Å²) in [6, 6.07) is 1.62. The van der Waals surface area contributed by atoms with Crippen molar-refractivity contribution in [2.45, 2.75) is 25.9 Å². The van der Waals surface area contributed by atoms with Crippen LogP contribution in [-0.2, 0) is 11.2 Å². The molecule has 0 atom stereocenters. The molecular formula is C10H11ClFNO. The number of ketones is 1. The highest BCUT2D eigenvalue weighted by Gasteiger charge is 2.26. The molecule has 0 radical (unpaired) electrons. The monoisotopic (exact) mass is 215 g/mol. The molecule has 0 saturated carbocycles. The summed E-state index contributed by atoms with van der Waals surface area (Å²) < 4.78 is 13.2. The van der Waals surface area contributed by atoms with Gasteiger partial charge in [0.05, 0.1) is 5.02 Å². The van der Waals surface area contributed by atoms with Gasteiger partial charge in [-0.25, -0.2) is 4.39 Å². The molecule has 0 spiro atoms. The van der Waals surface area contributed by atoms with E-state index in [4.69, 9.17) is 11.6 Å². The quantitative estimate of drug-likeness (QED) is 0.776. The van der Waals surface area contributed by atoms with E-state index in [0.717, 1.165) is 0 Å². The van der Waals surface area contributed by atoms with E-state index < -0.39 is 11.5 Å². The van der Waals surface area contributed by atoms with Crippen molar-refractivity contribution in [2.75, 3.05) is 0 Å². The lowest BCUT2D eigenvalue weighted by atomic mass is 9.99. The average molecular weight is 216 g/mol. The van der Waals surface area contributed by atoms with Crippen LogP contribution in [0.2, 0.25) is 5.02 Å². The summed E-state index contributed by atoms with van der Waals surface area (Å²) in [5, 5.41) is 0.394. The number of halogens is 2. The SMILES string of the molecule is CC(C)(F)C(=O)Cc1ccncc1Cl. The summed E-state index contributed by atoms with van der Waals surface area (Å²) in [4.78, 5) is 15.1. The van der Waals surface area contributed by atoms with Crippen LogP contribution >= 0.6 is 11.6 Å².